The first-order valence-electron chi connectivity index (χ1n) is 20.4. The van der Waals surface area contributed by atoms with Crippen molar-refractivity contribution in [3.05, 3.63) is 244 Å². The lowest BCUT2D eigenvalue weighted by molar-refractivity contribution is 0.341. The van der Waals surface area contributed by atoms with E-state index in [-0.39, 0.29) is 23.0 Å². The maximum absolute atomic E-state index is 4.10. The van der Waals surface area contributed by atoms with Gasteiger partial charge in [-0.3, -0.25) is 5.32 Å². The molecule has 0 saturated heterocycles. The summed E-state index contributed by atoms with van der Waals surface area (Å²) >= 11 is 2.00. The van der Waals surface area contributed by atoms with Gasteiger partial charge in [-0.05, 0) is 86.8 Å². The highest BCUT2D eigenvalue weighted by molar-refractivity contribution is 8.01. The summed E-state index contributed by atoms with van der Waals surface area (Å²) in [6, 6.07) is 67.3. The van der Waals surface area contributed by atoms with Gasteiger partial charge in [0.2, 0.25) is 0 Å². The first-order chi connectivity index (χ1) is 28.6. The molecule has 12 rings (SSSR count). The van der Waals surface area contributed by atoms with Crippen molar-refractivity contribution in [2.45, 2.75) is 40.2 Å². The third-order valence-corrected chi connectivity index (χ3v) is 14.5. The molecular formula is C54H41N3S. The van der Waals surface area contributed by atoms with E-state index in [1.165, 1.54) is 77.1 Å². The summed E-state index contributed by atoms with van der Waals surface area (Å²) in [4.78, 5) is 1.37. The van der Waals surface area contributed by atoms with Crippen LogP contribution in [0.3, 0.4) is 0 Å². The van der Waals surface area contributed by atoms with Gasteiger partial charge in [-0.25, -0.2) is 0 Å². The minimum atomic E-state index is -0.506. The highest BCUT2D eigenvalue weighted by atomic mass is 32.2. The smallest absolute Gasteiger partial charge is 0.160 e. The highest BCUT2D eigenvalue weighted by Crippen LogP contribution is 2.62. The number of benzene rings is 7. The molecule has 2 N–H and O–H groups in total. The van der Waals surface area contributed by atoms with Crippen molar-refractivity contribution in [3.63, 3.8) is 0 Å². The van der Waals surface area contributed by atoms with Crippen LogP contribution in [-0.4, -0.2) is 9.31 Å². The lowest BCUT2D eigenvalue weighted by atomic mass is 9.67. The molecule has 58 heavy (non-hydrogen) atoms. The van der Waals surface area contributed by atoms with E-state index in [0.717, 1.165) is 5.70 Å². The molecule has 8 aromatic rings. The van der Waals surface area contributed by atoms with E-state index in [9.17, 15) is 0 Å². The summed E-state index contributed by atoms with van der Waals surface area (Å²) in [5.41, 5.74) is 16.1. The van der Waals surface area contributed by atoms with E-state index in [0.29, 0.717) is 0 Å². The number of hydrogen-bond donors (Lipinski definition) is 2. The molecule has 4 aliphatic rings. The van der Waals surface area contributed by atoms with Crippen molar-refractivity contribution in [1.82, 2.24) is 15.2 Å². The van der Waals surface area contributed by atoms with E-state index in [1.54, 1.807) is 0 Å². The van der Waals surface area contributed by atoms with Crippen molar-refractivity contribution in [3.8, 4) is 11.1 Å². The zero-order valence-electron chi connectivity index (χ0n) is 32.1. The Bertz CT molecular complexity index is 2920. The van der Waals surface area contributed by atoms with Crippen LogP contribution >= 0.6 is 11.8 Å². The van der Waals surface area contributed by atoms with Crippen LogP contribution in [0.15, 0.2) is 199 Å². The number of fused-ring (bicyclic) bond motifs is 10. The summed E-state index contributed by atoms with van der Waals surface area (Å²) in [6.45, 7) is 2.43. The number of nitrogens with zero attached hydrogens (tertiary/aromatic N) is 1. The summed E-state index contributed by atoms with van der Waals surface area (Å²) in [5.74, 6) is 0.206. The largest absolute Gasteiger partial charge is 0.352 e. The first-order valence-corrected chi connectivity index (χ1v) is 21.2. The lowest BCUT2D eigenvalue weighted by Gasteiger charge is -2.37. The van der Waals surface area contributed by atoms with Crippen LogP contribution in [0.5, 0.6) is 0 Å². The van der Waals surface area contributed by atoms with Gasteiger partial charge in [0.25, 0.3) is 0 Å². The molecule has 2 aliphatic carbocycles. The van der Waals surface area contributed by atoms with E-state index in [4.69, 9.17) is 0 Å². The molecule has 2 aliphatic heterocycles. The minimum Gasteiger partial charge on any atom is -0.352 e. The third kappa shape index (κ3) is 4.79. The molecule has 0 radical (unpaired) electrons. The van der Waals surface area contributed by atoms with Gasteiger partial charge in [0, 0.05) is 32.3 Å². The summed E-state index contributed by atoms with van der Waals surface area (Å²) in [5, 5.41) is 9.44. The monoisotopic (exact) mass is 763 g/mol. The molecule has 0 saturated carbocycles. The van der Waals surface area contributed by atoms with Gasteiger partial charge in [-0.1, -0.05) is 176 Å². The van der Waals surface area contributed by atoms with Gasteiger partial charge >= 0.3 is 0 Å². The van der Waals surface area contributed by atoms with Crippen LogP contribution in [0.2, 0.25) is 0 Å². The second-order valence-electron chi connectivity index (χ2n) is 16.2. The zero-order chi connectivity index (χ0) is 38.4. The molecule has 0 bridgehead atoms. The third-order valence-electron chi connectivity index (χ3n) is 13.1. The Hall–Kier alpha value is -6.33. The SMILES string of the molecule is CC12C=Cc3c(c4ccc(C5(c6ccccc6)c6ccccc6-c6ccccc65)cc4n3C3NC(c4ccccc4)=CC(c4ccccc4)N3)C1c1ccccc1S2. The average Bonchev–Trinajstić information content (AvgIpc) is 3.90. The molecule has 0 amide bonds. The van der Waals surface area contributed by atoms with E-state index < -0.39 is 5.41 Å². The lowest BCUT2D eigenvalue weighted by Crippen LogP contribution is -2.43. The second kappa shape index (κ2) is 12.8. The number of rotatable bonds is 5. The Balaban J connectivity index is 1.15. The minimum absolute atomic E-state index is 0.0104. The average molecular weight is 764 g/mol. The van der Waals surface area contributed by atoms with Crippen LogP contribution in [0.4, 0.5) is 0 Å². The predicted octanol–water partition coefficient (Wildman–Crippen LogP) is 12.5. The summed E-state index contributed by atoms with van der Waals surface area (Å²) in [7, 11) is 0. The fraction of sp³-hybridized carbons (Fsp3) is 0.111. The van der Waals surface area contributed by atoms with Crippen LogP contribution in [0.25, 0.3) is 33.8 Å². The Morgan fingerprint density at radius 2 is 1.26 bits per heavy atom. The van der Waals surface area contributed by atoms with Gasteiger partial charge in [0.1, 0.15) is 0 Å². The molecular weight excluding hydrogens is 723 g/mol. The molecule has 4 heteroatoms. The molecule has 278 valence electrons. The van der Waals surface area contributed by atoms with E-state index in [2.05, 4.69) is 222 Å². The molecule has 3 heterocycles. The fourth-order valence-corrected chi connectivity index (χ4v) is 12.1. The van der Waals surface area contributed by atoms with Crippen LogP contribution in [0, 0.1) is 0 Å². The number of hydrogen-bond acceptors (Lipinski definition) is 3. The summed E-state index contributed by atoms with van der Waals surface area (Å²) in [6.07, 6.45) is 6.99. The normalized spacial score (nSPS) is 21.9. The van der Waals surface area contributed by atoms with Crippen molar-refractivity contribution >= 4 is 34.4 Å². The maximum Gasteiger partial charge on any atom is 0.160 e. The van der Waals surface area contributed by atoms with Crippen molar-refractivity contribution < 1.29 is 0 Å². The van der Waals surface area contributed by atoms with Crippen LogP contribution in [-0.2, 0) is 5.41 Å². The van der Waals surface area contributed by atoms with E-state index >= 15 is 0 Å². The highest BCUT2D eigenvalue weighted by Gasteiger charge is 2.49. The predicted molar refractivity (Wildman–Crippen MR) is 240 cm³/mol. The van der Waals surface area contributed by atoms with Gasteiger partial charge in [0.05, 0.1) is 17.0 Å². The van der Waals surface area contributed by atoms with Crippen LogP contribution < -0.4 is 10.6 Å². The number of aromatic nitrogens is 1. The molecule has 4 unspecified atom stereocenters. The van der Waals surface area contributed by atoms with Crippen molar-refractivity contribution in [2.75, 3.05) is 0 Å². The Morgan fingerprint density at radius 1 is 0.621 bits per heavy atom. The standard InChI is InChI=1S/C54H41N3S/c1-53-32-31-47-50(51(53)42-25-13-16-28-49(42)58-53)41-30-29-38(54(37-21-9-4-10-22-37)43-26-14-11-23-39(43)40-24-12-15-27-44(40)54)33-48(41)57(47)52-55-45(35-17-5-2-6-18-35)34-46(56-52)36-19-7-3-8-20-36/h2-34,45,51-52,55-56H,1H3. The van der Waals surface area contributed by atoms with Crippen LogP contribution in [0.1, 0.15) is 75.4 Å². The fourth-order valence-electron chi connectivity index (χ4n) is 10.7. The molecule has 3 nitrogen and oxygen atoms in total. The quantitative estimate of drug-likeness (QED) is 0.183. The van der Waals surface area contributed by atoms with Crippen molar-refractivity contribution in [2.24, 2.45) is 0 Å². The molecule has 0 spiro atoms. The maximum atomic E-state index is 4.10. The van der Waals surface area contributed by atoms with Gasteiger partial charge < -0.3 is 9.88 Å². The zero-order valence-corrected chi connectivity index (χ0v) is 33.0. The number of nitrogens with one attached hydrogen (secondary N) is 2. The molecule has 0 fully saturated rings. The van der Waals surface area contributed by atoms with Crippen molar-refractivity contribution in [1.29, 1.82) is 0 Å². The Labute approximate surface area is 343 Å². The molecule has 4 atom stereocenters. The van der Waals surface area contributed by atoms with Gasteiger partial charge in [0.15, 0.2) is 6.29 Å². The van der Waals surface area contributed by atoms with Gasteiger partial charge in [-0.2, -0.15) is 0 Å². The second-order valence-corrected chi connectivity index (χ2v) is 17.8. The Kier molecular flexibility index (Phi) is 7.48. The Morgan fingerprint density at radius 3 is 2.00 bits per heavy atom. The number of thioether (sulfide) groups is 1. The molecule has 7 aromatic carbocycles. The van der Waals surface area contributed by atoms with E-state index in [1.807, 2.05) is 11.8 Å². The summed E-state index contributed by atoms with van der Waals surface area (Å²) < 4.78 is 2.48. The van der Waals surface area contributed by atoms with Gasteiger partial charge in [-0.15, -0.1) is 11.8 Å². The first kappa shape index (κ1) is 33.8. The molecule has 1 aromatic heterocycles. The topological polar surface area (TPSA) is 29.0 Å².